The van der Waals surface area contributed by atoms with Crippen molar-refractivity contribution in [3.8, 4) is 0 Å². The Labute approximate surface area is 426 Å². The van der Waals surface area contributed by atoms with E-state index in [1.54, 1.807) is 0 Å². The first-order valence-electron chi connectivity index (χ1n) is 5.37. The van der Waals surface area contributed by atoms with Gasteiger partial charge in [-0.3, -0.25) is 0 Å². The molecule has 0 atom stereocenters. The Morgan fingerprint density at radius 1 is 0.0909 bits per heavy atom. The van der Waals surface area contributed by atoms with Gasteiger partial charge in [0.1, 0.15) is 0 Å². The monoisotopic (exact) mass is 1120 g/mol. The number of hydrogen-bond donors (Lipinski definition) is 0. The maximum Gasteiger partial charge on any atom is 4.00 e. The zero-order valence-corrected chi connectivity index (χ0v) is 37.4. The maximum absolute atomic E-state index is 6.25. The fourth-order valence-corrected chi connectivity index (χ4v) is 0. The van der Waals surface area contributed by atoms with E-state index in [1.807, 2.05) is 0 Å². The minimum Gasteiger partial charge on any atom is -0.512 e. The standard InChI is InChI=1S/24CN.4Fe.3Zr/c24*1-2;;;;;;;/q24*-1;4*+3;3*+4. The molecule has 55 heavy (non-hydrogen) atoms. The van der Waals surface area contributed by atoms with Crippen LogP contribution in [0.3, 0.4) is 0 Å². The van der Waals surface area contributed by atoms with Gasteiger partial charge in [0, 0.05) is 0 Å². The summed E-state index contributed by atoms with van der Waals surface area (Å²) < 4.78 is 0. The van der Waals surface area contributed by atoms with Crippen molar-refractivity contribution in [2.75, 3.05) is 0 Å². The van der Waals surface area contributed by atoms with Crippen molar-refractivity contribution in [1.29, 1.82) is 126 Å². The predicted molar refractivity (Wildman–Crippen MR) is 119 cm³/mol. The van der Waals surface area contributed by atoms with E-state index in [4.69, 9.17) is 284 Å². The number of nitrogens with zero attached hydrogens (tertiary/aromatic N) is 24. The molecule has 0 unspecified atom stereocenters. The van der Waals surface area contributed by atoms with Gasteiger partial charge >= 0.3 is 147 Å². The first-order valence-corrected chi connectivity index (χ1v) is 5.37. The quantitative estimate of drug-likeness (QED) is 0.248. The molecular weight excluding hydrogens is 1120 g/mol. The summed E-state index contributed by atoms with van der Waals surface area (Å²) in [6.07, 6.45) is 0. The van der Waals surface area contributed by atoms with Gasteiger partial charge in [-0.05, 0) is 0 Å². The Bertz CT molecular complexity index is 529. The molecule has 0 fully saturated rings. The molecule has 0 saturated heterocycles. The van der Waals surface area contributed by atoms with E-state index in [1.165, 1.54) is 0 Å². The largest absolute Gasteiger partial charge is 4.00 e. The fraction of sp³-hybridized carbons (Fsp3) is 0. The van der Waals surface area contributed by atoms with E-state index >= 15 is 0 Å². The summed E-state index contributed by atoms with van der Waals surface area (Å²) >= 11 is 0. The normalized spacial score (nSPS) is 0.873. The van der Waals surface area contributed by atoms with Crippen LogP contribution in [0.15, 0.2) is 0 Å². The van der Waals surface area contributed by atoms with Gasteiger partial charge < -0.3 is 284 Å². The molecule has 0 spiro atoms. The minimum atomic E-state index is 0. The van der Waals surface area contributed by atoms with Gasteiger partial charge in [-0.1, -0.05) is 0 Å². The van der Waals surface area contributed by atoms with Crippen LogP contribution >= 0.6 is 0 Å². The molecule has 0 aliphatic heterocycles. The fourth-order valence-electron chi connectivity index (χ4n) is 0. The molecule has 31 heteroatoms. The van der Waals surface area contributed by atoms with E-state index in [2.05, 4.69) is 0 Å². The summed E-state index contributed by atoms with van der Waals surface area (Å²) in [6.45, 7) is 114. The maximum atomic E-state index is 6.25. The van der Waals surface area contributed by atoms with Crippen LogP contribution in [0.1, 0.15) is 0 Å². The third-order valence-electron chi connectivity index (χ3n) is 0. The zero-order valence-electron chi connectivity index (χ0n) is 25.6. The van der Waals surface area contributed by atoms with E-state index in [0.29, 0.717) is 0 Å². The Balaban J connectivity index is -0.00000000375. The molecule has 0 rings (SSSR count). The first-order chi connectivity index (χ1) is 24.0. The summed E-state index contributed by atoms with van der Waals surface area (Å²) in [6, 6.07) is 0. The average molecular weight is 1120 g/mol. The van der Waals surface area contributed by atoms with Crippen LogP contribution in [0, 0.1) is 284 Å². The van der Waals surface area contributed by atoms with Gasteiger partial charge in [-0.15, -0.1) is 0 Å². The summed E-state index contributed by atoms with van der Waals surface area (Å²) in [5.41, 5.74) is 0. The second kappa shape index (κ2) is 1700. The van der Waals surface area contributed by atoms with E-state index < -0.39 is 0 Å². The Hall–Kier alpha value is -7.51. The van der Waals surface area contributed by atoms with Gasteiger partial charge in [0.2, 0.25) is 0 Å². The molecule has 0 aliphatic carbocycles. The molecule has 0 saturated carbocycles. The molecule has 4 radical (unpaired) electrons. The molecular formula is C24Fe4N24Zr3. The summed E-state index contributed by atoms with van der Waals surface area (Å²) in [5, 5.41) is 150. The van der Waals surface area contributed by atoms with Crippen LogP contribution in [0.25, 0.3) is 0 Å². The average Bonchev–Trinajstić information content (AvgIpc) is 3.34. The van der Waals surface area contributed by atoms with Crippen molar-refractivity contribution in [1.82, 2.24) is 0 Å². The van der Waals surface area contributed by atoms with Crippen LogP contribution in [-0.4, -0.2) is 0 Å². The van der Waals surface area contributed by atoms with E-state index in [-0.39, 0.29) is 147 Å². The second-order valence-corrected chi connectivity index (χ2v) is 0. The molecule has 0 bridgehead atoms. The third-order valence-corrected chi connectivity index (χ3v) is 0. The van der Waals surface area contributed by atoms with Gasteiger partial charge in [0.05, 0.1) is 0 Å². The smallest absolute Gasteiger partial charge is 0.512 e. The summed E-state index contributed by atoms with van der Waals surface area (Å²) in [5.74, 6) is 0. The number of hydrogen-bond acceptors (Lipinski definition) is 24. The predicted octanol–water partition coefficient (Wildman–Crippen LogP) is 2.30. The van der Waals surface area contributed by atoms with Gasteiger partial charge in [-0.25, -0.2) is 0 Å². The van der Waals surface area contributed by atoms with Crippen molar-refractivity contribution in [3.05, 3.63) is 158 Å². The van der Waals surface area contributed by atoms with Crippen LogP contribution in [0.4, 0.5) is 0 Å². The molecule has 0 aliphatic rings. The molecule has 24 nitrogen and oxygen atoms in total. The van der Waals surface area contributed by atoms with Crippen LogP contribution in [0.2, 0.25) is 0 Å². The van der Waals surface area contributed by atoms with E-state index in [9.17, 15) is 0 Å². The molecule has 0 aromatic heterocycles. The number of rotatable bonds is 0. The van der Waals surface area contributed by atoms with Crippen molar-refractivity contribution in [3.63, 3.8) is 0 Å². The topological polar surface area (TPSA) is 571 Å². The summed E-state index contributed by atoms with van der Waals surface area (Å²) in [4.78, 5) is 0. The molecule has 0 heterocycles. The molecule has 0 amide bonds. The Kier molecular flexibility index (Phi) is 11700. The van der Waals surface area contributed by atoms with Crippen molar-refractivity contribution in [2.45, 2.75) is 0 Å². The van der Waals surface area contributed by atoms with Gasteiger partial charge in [-0.2, -0.15) is 0 Å². The Morgan fingerprint density at radius 3 is 0.0909 bits per heavy atom. The van der Waals surface area contributed by atoms with Crippen molar-refractivity contribution in [2.24, 2.45) is 0 Å². The molecule has 0 N–H and O–H groups in total. The van der Waals surface area contributed by atoms with Crippen molar-refractivity contribution >= 4 is 0 Å². The second-order valence-electron chi connectivity index (χ2n) is 0. The van der Waals surface area contributed by atoms with Crippen molar-refractivity contribution < 1.29 is 147 Å². The van der Waals surface area contributed by atoms with Gasteiger partial charge in [0.25, 0.3) is 0 Å². The Morgan fingerprint density at radius 2 is 0.0909 bits per heavy atom. The summed E-state index contributed by atoms with van der Waals surface area (Å²) in [7, 11) is 0. The first kappa shape index (κ1) is 378. The van der Waals surface area contributed by atoms with Crippen LogP contribution < -0.4 is 0 Å². The molecule has 0 aromatic carbocycles. The molecule has 260 valence electrons. The minimum absolute atomic E-state index is 0. The van der Waals surface area contributed by atoms with Crippen LogP contribution in [0.5, 0.6) is 0 Å². The third kappa shape index (κ3) is 1630. The molecule has 0 aromatic rings. The zero-order chi connectivity index (χ0) is 48.0. The van der Waals surface area contributed by atoms with Gasteiger partial charge in [0.15, 0.2) is 0 Å². The van der Waals surface area contributed by atoms with E-state index in [0.717, 1.165) is 0 Å². The SMILES string of the molecule is [C-]#N.[C-]#N.[C-]#N.[C-]#N.[C-]#N.[C-]#N.[C-]#N.[C-]#N.[C-]#N.[C-]#N.[C-]#N.[C-]#N.[C-]#N.[C-]#N.[C-]#N.[C-]#N.[C-]#N.[C-]#N.[C-]#N.[C-]#N.[C-]#N.[C-]#N.[C-]#N.[C-]#N.[Fe+3].[Fe+3].[Fe+3].[Fe+3].[Zr+4].[Zr+4].[Zr+4]. The van der Waals surface area contributed by atoms with Crippen LogP contribution in [-0.2, 0) is 147 Å².